The van der Waals surface area contributed by atoms with Crippen LogP contribution >= 0.6 is 0 Å². The second kappa shape index (κ2) is 13.8. The number of ketones is 1. The topological polar surface area (TPSA) is 130 Å². The minimum atomic E-state index is -0.496. The van der Waals surface area contributed by atoms with Crippen LogP contribution in [-0.4, -0.2) is 29.4 Å². The molecule has 4 aromatic rings. The summed E-state index contributed by atoms with van der Waals surface area (Å²) in [5.74, 6) is 0.983. The van der Waals surface area contributed by atoms with Gasteiger partial charge in [0.2, 0.25) is 11.8 Å². The van der Waals surface area contributed by atoms with Crippen molar-refractivity contribution in [2.75, 3.05) is 10.6 Å². The number of amides is 2. The Morgan fingerprint density at radius 3 is 2.30 bits per heavy atom. The zero-order chi connectivity index (χ0) is 30.9. The normalized spacial score (nSPS) is 12.0. The Labute approximate surface area is 254 Å². The SMILES string of the molecule is O=C(/C=C/c1ccc([N+](=O)[O-])cc1)Nc1ccc(NC(=O)Cc2ccc(B3C=CC=CN3)cc2)c(C(=O)c2ccccc2)c1. The van der Waals surface area contributed by atoms with E-state index >= 15 is 0 Å². The third-order valence-electron chi connectivity index (χ3n) is 6.86. The molecule has 0 aromatic heterocycles. The van der Waals surface area contributed by atoms with Crippen molar-refractivity contribution < 1.29 is 19.3 Å². The van der Waals surface area contributed by atoms with Gasteiger partial charge in [-0.05, 0) is 59.8 Å². The third kappa shape index (κ3) is 7.62. The lowest BCUT2D eigenvalue weighted by Crippen LogP contribution is -2.41. The van der Waals surface area contributed by atoms with Gasteiger partial charge < -0.3 is 15.9 Å². The summed E-state index contributed by atoms with van der Waals surface area (Å²) in [5, 5.41) is 19.7. The van der Waals surface area contributed by atoms with Crippen LogP contribution in [0, 0.1) is 10.1 Å². The highest BCUT2D eigenvalue weighted by Gasteiger charge is 2.18. The van der Waals surface area contributed by atoms with Gasteiger partial charge in [0.15, 0.2) is 5.78 Å². The van der Waals surface area contributed by atoms with Crippen molar-refractivity contribution in [3.8, 4) is 0 Å². The minimum Gasteiger partial charge on any atom is -0.427 e. The molecule has 3 N–H and O–H groups in total. The molecular formula is C34H27BN4O5. The van der Waals surface area contributed by atoms with Gasteiger partial charge in [0, 0.05) is 35.0 Å². The van der Waals surface area contributed by atoms with Gasteiger partial charge in [-0.2, -0.15) is 0 Å². The first-order valence-corrected chi connectivity index (χ1v) is 13.8. The van der Waals surface area contributed by atoms with E-state index < -0.39 is 10.8 Å². The van der Waals surface area contributed by atoms with Crippen molar-refractivity contribution in [3.05, 3.63) is 160 Å². The van der Waals surface area contributed by atoms with Gasteiger partial charge in [-0.3, -0.25) is 24.5 Å². The maximum atomic E-state index is 13.5. The van der Waals surface area contributed by atoms with Crippen molar-refractivity contribution in [2.45, 2.75) is 6.42 Å². The number of non-ortho nitro benzene ring substituents is 1. The van der Waals surface area contributed by atoms with E-state index in [-0.39, 0.29) is 36.2 Å². The maximum Gasteiger partial charge on any atom is 0.312 e. The molecule has 0 unspecified atom stereocenters. The number of nitrogens with zero attached hydrogens (tertiary/aromatic N) is 1. The Kier molecular flexibility index (Phi) is 9.21. The van der Waals surface area contributed by atoms with Crippen molar-refractivity contribution in [1.29, 1.82) is 0 Å². The van der Waals surface area contributed by atoms with Gasteiger partial charge in [-0.15, -0.1) is 0 Å². The maximum absolute atomic E-state index is 13.5. The summed E-state index contributed by atoms with van der Waals surface area (Å²) in [4.78, 5) is 49.5. The Balaban J connectivity index is 1.30. The van der Waals surface area contributed by atoms with Gasteiger partial charge >= 0.3 is 6.85 Å². The molecule has 0 spiro atoms. The average Bonchev–Trinajstić information content (AvgIpc) is 3.05. The van der Waals surface area contributed by atoms with Gasteiger partial charge in [-0.25, -0.2) is 0 Å². The molecule has 0 saturated carbocycles. The van der Waals surface area contributed by atoms with Crippen LogP contribution in [0.4, 0.5) is 17.1 Å². The molecule has 216 valence electrons. The van der Waals surface area contributed by atoms with Crippen LogP contribution in [0.2, 0.25) is 0 Å². The molecule has 5 rings (SSSR count). The van der Waals surface area contributed by atoms with E-state index in [1.807, 2.05) is 48.6 Å². The predicted molar refractivity (Wildman–Crippen MR) is 173 cm³/mol. The highest BCUT2D eigenvalue weighted by atomic mass is 16.6. The summed E-state index contributed by atoms with van der Waals surface area (Å²) >= 11 is 0. The molecule has 4 aromatic carbocycles. The lowest BCUT2D eigenvalue weighted by molar-refractivity contribution is -0.384. The number of carbonyl (C=O) groups excluding carboxylic acids is 3. The average molecular weight is 582 g/mol. The van der Waals surface area contributed by atoms with Gasteiger partial charge in [-0.1, -0.05) is 72.1 Å². The summed E-state index contributed by atoms with van der Waals surface area (Å²) in [6, 6.07) is 26.9. The zero-order valence-corrected chi connectivity index (χ0v) is 23.5. The second-order valence-electron chi connectivity index (χ2n) is 9.98. The number of hydrogen-bond acceptors (Lipinski definition) is 6. The fraction of sp³-hybridized carbons (Fsp3) is 0.0294. The summed E-state index contributed by atoms with van der Waals surface area (Å²) in [6.07, 6.45) is 8.71. The molecule has 0 bridgehead atoms. The highest BCUT2D eigenvalue weighted by molar-refractivity contribution is 6.76. The summed E-state index contributed by atoms with van der Waals surface area (Å²) in [7, 11) is 0. The zero-order valence-electron chi connectivity index (χ0n) is 23.5. The third-order valence-corrected chi connectivity index (χ3v) is 6.86. The first-order chi connectivity index (χ1) is 21.4. The Hall–Kier alpha value is -6.03. The van der Waals surface area contributed by atoms with Crippen LogP contribution in [0.25, 0.3) is 6.08 Å². The molecule has 1 aliphatic heterocycles. The van der Waals surface area contributed by atoms with Crippen LogP contribution in [0.1, 0.15) is 27.0 Å². The summed E-state index contributed by atoms with van der Waals surface area (Å²) < 4.78 is 0. The van der Waals surface area contributed by atoms with E-state index in [0.29, 0.717) is 22.5 Å². The van der Waals surface area contributed by atoms with E-state index in [1.165, 1.54) is 42.5 Å². The monoisotopic (exact) mass is 582 g/mol. The predicted octanol–water partition coefficient (Wildman–Crippen LogP) is 5.07. The molecule has 9 nitrogen and oxygen atoms in total. The van der Waals surface area contributed by atoms with Crippen LogP contribution in [0.3, 0.4) is 0 Å². The number of benzene rings is 4. The second-order valence-corrected chi connectivity index (χ2v) is 9.98. The number of anilines is 2. The Bertz CT molecular complexity index is 1780. The first kappa shape index (κ1) is 29.5. The lowest BCUT2D eigenvalue weighted by Gasteiger charge is -2.14. The molecule has 0 aliphatic carbocycles. The quantitative estimate of drug-likeness (QED) is 0.0787. The number of nitro groups is 1. The largest absolute Gasteiger partial charge is 0.427 e. The number of nitro benzene ring substituents is 1. The molecule has 44 heavy (non-hydrogen) atoms. The molecule has 1 heterocycles. The number of hydrogen-bond donors (Lipinski definition) is 3. The van der Waals surface area contributed by atoms with E-state index in [2.05, 4.69) is 15.9 Å². The molecule has 0 fully saturated rings. The van der Waals surface area contributed by atoms with Gasteiger partial charge in [0.1, 0.15) is 0 Å². The van der Waals surface area contributed by atoms with E-state index in [0.717, 1.165) is 11.0 Å². The Morgan fingerprint density at radius 1 is 0.864 bits per heavy atom. The molecule has 1 aliphatic rings. The molecule has 10 heteroatoms. The number of rotatable bonds is 10. The van der Waals surface area contributed by atoms with Crippen LogP contribution in [-0.2, 0) is 16.0 Å². The summed E-state index contributed by atoms with van der Waals surface area (Å²) in [5.41, 5.74) is 3.79. The van der Waals surface area contributed by atoms with Crippen molar-refractivity contribution in [3.63, 3.8) is 0 Å². The van der Waals surface area contributed by atoms with Crippen LogP contribution in [0.15, 0.2) is 127 Å². The highest BCUT2D eigenvalue weighted by Crippen LogP contribution is 2.24. The van der Waals surface area contributed by atoms with E-state index in [1.54, 1.807) is 42.5 Å². The van der Waals surface area contributed by atoms with Gasteiger partial charge in [0.05, 0.1) is 17.0 Å². The number of allylic oxidation sites excluding steroid dienone is 2. The fourth-order valence-corrected chi connectivity index (χ4v) is 4.60. The van der Waals surface area contributed by atoms with Crippen LogP contribution < -0.4 is 21.3 Å². The smallest absolute Gasteiger partial charge is 0.312 e. The van der Waals surface area contributed by atoms with Crippen LogP contribution in [0.5, 0.6) is 0 Å². The fourth-order valence-electron chi connectivity index (χ4n) is 4.60. The number of nitrogens with one attached hydrogen (secondary N) is 3. The standard InChI is InChI=1S/C34H27BN4O5/c40-32(19-12-24-10-16-29(17-11-24)39(43)44)37-28-15-18-31(30(23-28)34(42)26-6-2-1-3-7-26)38-33(41)22-25-8-13-27(14-9-25)35-20-4-5-21-36-35/h1-21,23,36H,22H2,(H,37,40)(H,38,41)/b19-12+. The molecular weight excluding hydrogens is 555 g/mol. The first-order valence-electron chi connectivity index (χ1n) is 13.8. The number of carbonyl (C=O) groups is 3. The van der Waals surface area contributed by atoms with E-state index in [4.69, 9.17) is 0 Å². The van der Waals surface area contributed by atoms with Crippen molar-refractivity contribution >= 4 is 53.0 Å². The lowest BCUT2D eigenvalue weighted by atomic mass is 9.55. The molecule has 2 amide bonds. The van der Waals surface area contributed by atoms with Crippen molar-refractivity contribution in [2.24, 2.45) is 0 Å². The van der Waals surface area contributed by atoms with E-state index in [9.17, 15) is 24.5 Å². The van der Waals surface area contributed by atoms with Crippen molar-refractivity contribution in [1.82, 2.24) is 5.23 Å². The Morgan fingerprint density at radius 2 is 1.61 bits per heavy atom. The molecule has 0 radical (unpaired) electrons. The minimum absolute atomic E-state index is 0.0463. The summed E-state index contributed by atoms with van der Waals surface area (Å²) in [6.45, 7) is 0.0752. The molecule has 0 atom stereocenters. The molecule has 0 saturated heterocycles. The van der Waals surface area contributed by atoms with Gasteiger partial charge in [0.25, 0.3) is 5.69 Å².